The van der Waals surface area contributed by atoms with Crippen molar-refractivity contribution in [3.05, 3.63) is 18.2 Å². The van der Waals surface area contributed by atoms with Crippen LogP contribution in [-0.2, 0) is 11.3 Å². The Balaban J connectivity index is 1.76. The van der Waals surface area contributed by atoms with Gasteiger partial charge in [-0.3, -0.25) is 4.79 Å². The molecule has 1 aliphatic rings. The molecule has 0 bridgehead atoms. The number of likely N-dealkylation sites (tertiary alicyclic amines) is 1. The van der Waals surface area contributed by atoms with Crippen molar-refractivity contribution in [3.63, 3.8) is 0 Å². The maximum atomic E-state index is 11.9. The molecular formula is C14H23N3OS. The highest BCUT2D eigenvalue weighted by Crippen LogP contribution is 2.20. The summed E-state index contributed by atoms with van der Waals surface area (Å²) in [6, 6.07) is 0. The molecule has 0 N–H and O–H groups in total. The molecule has 0 aliphatic carbocycles. The molecule has 106 valence electrons. The van der Waals surface area contributed by atoms with Crippen molar-refractivity contribution in [1.82, 2.24) is 14.5 Å². The summed E-state index contributed by atoms with van der Waals surface area (Å²) in [6.45, 7) is 4.93. The number of hydrogen-bond donors (Lipinski definition) is 0. The van der Waals surface area contributed by atoms with Crippen LogP contribution in [0.1, 0.15) is 25.1 Å². The van der Waals surface area contributed by atoms with E-state index in [4.69, 9.17) is 0 Å². The largest absolute Gasteiger partial charge is 0.343 e. The van der Waals surface area contributed by atoms with Crippen molar-refractivity contribution < 1.29 is 4.79 Å². The quantitative estimate of drug-likeness (QED) is 0.830. The smallest absolute Gasteiger partial charge is 0.223 e. The molecule has 1 aromatic heterocycles. The van der Waals surface area contributed by atoms with Crippen molar-refractivity contribution in [1.29, 1.82) is 0 Å². The second kappa shape index (κ2) is 6.98. The lowest BCUT2D eigenvalue weighted by Crippen LogP contribution is -2.39. The summed E-state index contributed by atoms with van der Waals surface area (Å²) in [6.07, 6.45) is 8.87. The maximum absolute atomic E-state index is 11.9. The van der Waals surface area contributed by atoms with E-state index in [9.17, 15) is 4.79 Å². The van der Waals surface area contributed by atoms with Crippen molar-refractivity contribution in [2.45, 2.75) is 32.7 Å². The van der Waals surface area contributed by atoms with Crippen LogP contribution in [0.4, 0.5) is 0 Å². The van der Waals surface area contributed by atoms with Crippen molar-refractivity contribution in [3.8, 4) is 0 Å². The van der Waals surface area contributed by atoms with Crippen LogP contribution in [0.3, 0.4) is 0 Å². The minimum Gasteiger partial charge on any atom is -0.343 e. The lowest BCUT2D eigenvalue weighted by atomic mass is 9.96. The van der Waals surface area contributed by atoms with Crippen LogP contribution >= 0.6 is 11.8 Å². The fourth-order valence-corrected chi connectivity index (χ4v) is 2.97. The number of imidazole rings is 1. The molecule has 0 spiro atoms. The fourth-order valence-electron chi connectivity index (χ4n) is 2.59. The first kappa shape index (κ1) is 14.4. The molecule has 2 heterocycles. The molecule has 0 radical (unpaired) electrons. The van der Waals surface area contributed by atoms with Crippen LogP contribution in [0.2, 0.25) is 0 Å². The predicted molar refractivity (Wildman–Crippen MR) is 79.3 cm³/mol. The molecule has 1 aromatic rings. The van der Waals surface area contributed by atoms with Gasteiger partial charge in [0.1, 0.15) is 5.82 Å². The molecule has 5 heteroatoms. The Labute approximate surface area is 119 Å². The van der Waals surface area contributed by atoms with Gasteiger partial charge in [-0.05, 0) is 31.9 Å². The zero-order valence-electron chi connectivity index (χ0n) is 11.8. The number of nitrogens with zero attached hydrogens (tertiary/aromatic N) is 3. The Hall–Kier alpha value is -0.970. The van der Waals surface area contributed by atoms with Gasteiger partial charge < -0.3 is 9.47 Å². The first-order valence-electron chi connectivity index (χ1n) is 6.95. The first-order valence-corrected chi connectivity index (χ1v) is 8.34. The Morgan fingerprint density at radius 1 is 1.47 bits per heavy atom. The highest BCUT2D eigenvalue weighted by molar-refractivity contribution is 7.98. The standard InChI is InChI=1S/C14H23N3OS/c1-12-15-6-9-17(12)11-13-3-7-16(8-4-13)14(18)5-10-19-2/h6,9,13H,3-5,7-8,10-11H2,1-2H3. The highest BCUT2D eigenvalue weighted by atomic mass is 32.2. The lowest BCUT2D eigenvalue weighted by Gasteiger charge is -2.32. The molecule has 0 aromatic carbocycles. The molecule has 1 aliphatic heterocycles. The second-order valence-electron chi connectivity index (χ2n) is 5.19. The Morgan fingerprint density at radius 2 is 2.21 bits per heavy atom. The van der Waals surface area contributed by atoms with E-state index in [0.29, 0.717) is 18.2 Å². The predicted octanol–water partition coefficient (Wildman–Crippen LogP) is 2.18. The summed E-state index contributed by atoms with van der Waals surface area (Å²) in [4.78, 5) is 18.2. The summed E-state index contributed by atoms with van der Waals surface area (Å²) >= 11 is 1.74. The average molecular weight is 281 g/mol. The van der Waals surface area contributed by atoms with E-state index in [1.807, 2.05) is 30.5 Å². The van der Waals surface area contributed by atoms with Crippen LogP contribution in [-0.4, -0.2) is 45.5 Å². The number of hydrogen-bond acceptors (Lipinski definition) is 3. The van der Waals surface area contributed by atoms with Crippen molar-refractivity contribution in [2.75, 3.05) is 25.1 Å². The third kappa shape index (κ3) is 4.00. The molecule has 0 saturated carbocycles. The first-order chi connectivity index (χ1) is 9.20. The van der Waals surface area contributed by atoms with Gasteiger partial charge in [0.2, 0.25) is 5.91 Å². The maximum Gasteiger partial charge on any atom is 0.223 e. The van der Waals surface area contributed by atoms with Crippen molar-refractivity contribution in [2.24, 2.45) is 5.92 Å². The van der Waals surface area contributed by atoms with Crippen LogP contribution in [0.25, 0.3) is 0 Å². The molecule has 19 heavy (non-hydrogen) atoms. The van der Waals surface area contributed by atoms with Gasteiger partial charge >= 0.3 is 0 Å². The minimum atomic E-state index is 0.326. The average Bonchev–Trinajstić information content (AvgIpc) is 2.82. The summed E-state index contributed by atoms with van der Waals surface area (Å²) in [5.74, 6) is 3.02. The number of amides is 1. The van der Waals surface area contributed by atoms with E-state index in [2.05, 4.69) is 9.55 Å². The van der Waals surface area contributed by atoms with Crippen LogP contribution in [0.15, 0.2) is 12.4 Å². The summed E-state index contributed by atoms with van der Waals surface area (Å²) < 4.78 is 2.22. The van der Waals surface area contributed by atoms with E-state index in [0.717, 1.165) is 44.1 Å². The lowest BCUT2D eigenvalue weighted by molar-refractivity contribution is -0.132. The Morgan fingerprint density at radius 3 is 2.79 bits per heavy atom. The third-order valence-corrected chi connectivity index (χ3v) is 4.48. The zero-order chi connectivity index (χ0) is 13.7. The summed E-state index contributed by atoms with van der Waals surface area (Å²) in [5.41, 5.74) is 0. The topological polar surface area (TPSA) is 38.1 Å². The Kier molecular flexibility index (Phi) is 5.31. The van der Waals surface area contributed by atoms with Gasteiger partial charge in [-0.15, -0.1) is 0 Å². The third-order valence-electron chi connectivity index (χ3n) is 3.87. The van der Waals surface area contributed by atoms with Gasteiger partial charge in [-0.25, -0.2) is 4.98 Å². The van der Waals surface area contributed by atoms with E-state index in [1.54, 1.807) is 11.8 Å². The number of carbonyl (C=O) groups is 1. The fraction of sp³-hybridized carbons (Fsp3) is 0.714. The molecule has 1 saturated heterocycles. The molecule has 2 rings (SSSR count). The van der Waals surface area contributed by atoms with Gasteiger partial charge in [0, 0.05) is 44.2 Å². The molecule has 0 unspecified atom stereocenters. The number of thioether (sulfide) groups is 1. The second-order valence-corrected chi connectivity index (χ2v) is 6.18. The molecular weight excluding hydrogens is 258 g/mol. The van der Waals surface area contributed by atoms with Crippen LogP contribution in [0, 0.1) is 12.8 Å². The van der Waals surface area contributed by atoms with E-state index in [1.165, 1.54) is 0 Å². The van der Waals surface area contributed by atoms with Gasteiger partial charge in [0.15, 0.2) is 0 Å². The SMILES string of the molecule is CSCCC(=O)N1CCC(Cn2ccnc2C)CC1. The number of piperidine rings is 1. The minimum absolute atomic E-state index is 0.326. The van der Waals surface area contributed by atoms with Gasteiger partial charge in [-0.1, -0.05) is 0 Å². The highest BCUT2D eigenvalue weighted by Gasteiger charge is 2.22. The van der Waals surface area contributed by atoms with Gasteiger partial charge in [0.25, 0.3) is 0 Å². The van der Waals surface area contributed by atoms with E-state index >= 15 is 0 Å². The van der Waals surface area contributed by atoms with E-state index < -0.39 is 0 Å². The van der Waals surface area contributed by atoms with Crippen LogP contribution in [0.5, 0.6) is 0 Å². The van der Waals surface area contributed by atoms with Crippen LogP contribution < -0.4 is 0 Å². The molecule has 4 nitrogen and oxygen atoms in total. The molecule has 0 atom stereocenters. The van der Waals surface area contributed by atoms with E-state index in [-0.39, 0.29) is 0 Å². The number of rotatable bonds is 5. The number of carbonyl (C=O) groups excluding carboxylic acids is 1. The van der Waals surface area contributed by atoms with Gasteiger partial charge in [0.05, 0.1) is 0 Å². The number of aryl methyl sites for hydroxylation is 1. The molecule has 1 amide bonds. The normalized spacial score (nSPS) is 16.8. The zero-order valence-corrected chi connectivity index (χ0v) is 12.7. The number of aromatic nitrogens is 2. The monoisotopic (exact) mass is 281 g/mol. The summed E-state index contributed by atoms with van der Waals surface area (Å²) in [5, 5.41) is 0. The van der Waals surface area contributed by atoms with Crippen molar-refractivity contribution >= 4 is 17.7 Å². The Bertz CT molecular complexity index is 411. The molecule has 1 fully saturated rings. The van der Waals surface area contributed by atoms with Gasteiger partial charge in [-0.2, -0.15) is 11.8 Å². The summed E-state index contributed by atoms with van der Waals surface area (Å²) in [7, 11) is 0.